The van der Waals surface area contributed by atoms with Gasteiger partial charge in [0.2, 0.25) is 0 Å². The number of nitrogens with one attached hydrogen (secondary N) is 2. The van der Waals surface area contributed by atoms with Gasteiger partial charge in [0.1, 0.15) is 5.75 Å². The molecule has 0 bridgehead atoms. The van der Waals surface area contributed by atoms with Gasteiger partial charge in [-0.1, -0.05) is 12.1 Å². The lowest BCUT2D eigenvalue weighted by atomic mass is 9.90. The molecule has 1 fully saturated rings. The highest BCUT2D eigenvalue weighted by atomic mass is 16.5. The van der Waals surface area contributed by atoms with Crippen molar-refractivity contribution in [2.24, 2.45) is 0 Å². The minimum Gasteiger partial charge on any atom is -0.497 e. The molecule has 1 aliphatic heterocycles. The van der Waals surface area contributed by atoms with Crippen molar-refractivity contribution in [3.63, 3.8) is 0 Å². The maximum atomic E-state index is 5.15. The van der Waals surface area contributed by atoms with E-state index in [0.29, 0.717) is 0 Å². The Morgan fingerprint density at radius 2 is 1.93 bits per heavy atom. The van der Waals surface area contributed by atoms with Crippen LogP contribution in [0.4, 0.5) is 0 Å². The van der Waals surface area contributed by atoms with E-state index in [4.69, 9.17) is 4.74 Å². The Labute approximate surface area is 90.8 Å². The lowest BCUT2D eigenvalue weighted by molar-refractivity contribution is 0.302. The summed E-state index contributed by atoms with van der Waals surface area (Å²) in [4.78, 5) is 0. The van der Waals surface area contributed by atoms with E-state index in [2.05, 4.69) is 29.7 Å². The molecule has 1 heterocycles. The normalized spacial score (nSPS) is 26.3. The third-order valence-corrected chi connectivity index (χ3v) is 3.02. The summed E-state index contributed by atoms with van der Waals surface area (Å²) in [5, 5.41) is 6.95. The standard InChI is InChI=1S/C12H18N2O/c1-12(9-13-7-8-14-12)10-3-5-11(15-2)6-4-10/h3-6,13-14H,7-9H2,1-2H3. The Kier molecular flexibility index (Phi) is 2.93. The Hall–Kier alpha value is -1.06. The van der Waals surface area contributed by atoms with E-state index in [0.717, 1.165) is 25.4 Å². The molecule has 1 atom stereocenters. The maximum Gasteiger partial charge on any atom is 0.118 e. The van der Waals surface area contributed by atoms with Gasteiger partial charge in [0.15, 0.2) is 0 Å². The summed E-state index contributed by atoms with van der Waals surface area (Å²) >= 11 is 0. The summed E-state index contributed by atoms with van der Waals surface area (Å²) in [5.74, 6) is 0.908. The van der Waals surface area contributed by atoms with Crippen LogP contribution in [0.5, 0.6) is 5.75 Å². The fourth-order valence-corrected chi connectivity index (χ4v) is 1.99. The van der Waals surface area contributed by atoms with Crippen molar-refractivity contribution in [3.8, 4) is 5.75 Å². The van der Waals surface area contributed by atoms with E-state index in [9.17, 15) is 0 Å². The maximum absolute atomic E-state index is 5.15. The number of piperazine rings is 1. The lowest BCUT2D eigenvalue weighted by Gasteiger charge is -2.36. The van der Waals surface area contributed by atoms with Gasteiger partial charge < -0.3 is 15.4 Å². The van der Waals surface area contributed by atoms with Crippen LogP contribution in [0.2, 0.25) is 0 Å². The summed E-state index contributed by atoms with van der Waals surface area (Å²) in [6.07, 6.45) is 0. The zero-order valence-corrected chi connectivity index (χ0v) is 9.34. The molecule has 0 aromatic heterocycles. The Morgan fingerprint density at radius 3 is 2.47 bits per heavy atom. The van der Waals surface area contributed by atoms with E-state index in [1.807, 2.05) is 12.1 Å². The van der Waals surface area contributed by atoms with Crippen LogP contribution in [0.1, 0.15) is 12.5 Å². The van der Waals surface area contributed by atoms with Crippen molar-refractivity contribution in [2.45, 2.75) is 12.5 Å². The van der Waals surface area contributed by atoms with Crippen LogP contribution in [0.15, 0.2) is 24.3 Å². The molecule has 1 aromatic rings. The molecule has 1 aliphatic rings. The van der Waals surface area contributed by atoms with Crippen molar-refractivity contribution in [1.82, 2.24) is 10.6 Å². The van der Waals surface area contributed by atoms with Crippen LogP contribution in [0.25, 0.3) is 0 Å². The summed E-state index contributed by atoms with van der Waals surface area (Å²) in [6, 6.07) is 8.27. The minimum atomic E-state index is 0.0462. The third-order valence-electron chi connectivity index (χ3n) is 3.02. The van der Waals surface area contributed by atoms with Crippen LogP contribution in [-0.2, 0) is 5.54 Å². The molecule has 15 heavy (non-hydrogen) atoms. The molecule has 2 N–H and O–H groups in total. The fourth-order valence-electron chi connectivity index (χ4n) is 1.99. The smallest absolute Gasteiger partial charge is 0.118 e. The first kappa shape index (κ1) is 10.5. The van der Waals surface area contributed by atoms with Crippen molar-refractivity contribution in [3.05, 3.63) is 29.8 Å². The molecule has 0 amide bonds. The summed E-state index contributed by atoms with van der Waals surface area (Å²) in [7, 11) is 1.69. The van der Waals surface area contributed by atoms with Crippen molar-refractivity contribution < 1.29 is 4.74 Å². The van der Waals surface area contributed by atoms with E-state index in [-0.39, 0.29) is 5.54 Å². The van der Waals surface area contributed by atoms with Crippen LogP contribution < -0.4 is 15.4 Å². The zero-order chi connectivity index (χ0) is 10.7. The lowest BCUT2D eigenvalue weighted by Crippen LogP contribution is -2.54. The first-order chi connectivity index (χ1) is 7.24. The second kappa shape index (κ2) is 4.21. The number of methoxy groups -OCH3 is 1. The monoisotopic (exact) mass is 206 g/mol. The summed E-state index contributed by atoms with van der Waals surface area (Å²) < 4.78 is 5.15. The second-order valence-corrected chi connectivity index (χ2v) is 4.16. The van der Waals surface area contributed by atoms with Crippen LogP contribution in [0, 0.1) is 0 Å². The van der Waals surface area contributed by atoms with Gasteiger partial charge in [-0.2, -0.15) is 0 Å². The summed E-state index contributed by atoms with van der Waals surface area (Å²) in [6.45, 7) is 5.26. The number of rotatable bonds is 2. The molecule has 3 nitrogen and oxygen atoms in total. The van der Waals surface area contributed by atoms with Crippen LogP contribution in [0.3, 0.4) is 0 Å². The number of hydrogen-bond acceptors (Lipinski definition) is 3. The minimum absolute atomic E-state index is 0.0462. The fraction of sp³-hybridized carbons (Fsp3) is 0.500. The quantitative estimate of drug-likeness (QED) is 0.760. The molecule has 0 aliphatic carbocycles. The first-order valence-electron chi connectivity index (χ1n) is 5.35. The second-order valence-electron chi connectivity index (χ2n) is 4.16. The molecule has 0 saturated carbocycles. The molecule has 1 saturated heterocycles. The predicted molar refractivity (Wildman–Crippen MR) is 61.2 cm³/mol. The molecule has 3 heteroatoms. The van der Waals surface area contributed by atoms with Crippen LogP contribution in [-0.4, -0.2) is 26.7 Å². The molecule has 1 unspecified atom stereocenters. The Morgan fingerprint density at radius 1 is 1.20 bits per heavy atom. The molecular weight excluding hydrogens is 188 g/mol. The largest absolute Gasteiger partial charge is 0.497 e. The highest BCUT2D eigenvalue weighted by Crippen LogP contribution is 2.23. The number of ether oxygens (including phenoxy) is 1. The van der Waals surface area contributed by atoms with Gasteiger partial charge in [0.05, 0.1) is 12.6 Å². The highest BCUT2D eigenvalue weighted by Gasteiger charge is 2.27. The predicted octanol–water partition coefficient (Wildman–Crippen LogP) is 1.10. The van der Waals surface area contributed by atoms with Gasteiger partial charge >= 0.3 is 0 Å². The van der Waals surface area contributed by atoms with Gasteiger partial charge in [0.25, 0.3) is 0 Å². The van der Waals surface area contributed by atoms with Gasteiger partial charge in [-0.25, -0.2) is 0 Å². The highest BCUT2D eigenvalue weighted by molar-refractivity contribution is 5.32. The van der Waals surface area contributed by atoms with Crippen molar-refractivity contribution >= 4 is 0 Å². The molecule has 2 rings (SSSR count). The zero-order valence-electron chi connectivity index (χ0n) is 9.34. The van der Waals surface area contributed by atoms with Gasteiger partial charge in [-0.3, -0.25) is 0 Å². The SMILES string of the molecule is COc1ccc(C2(C)CNCCN2)cc1. The van der Waals surface area contributed by atoms with Gasteiger partial charge in [-0.05, 0) is 24.6 Å². The average molecular weight is 206 g/mol. The number of benzene rings is 1. The first-order valence-corrected chi connectivity index (χ1v) is 5.35. The van der Waals surface area contributed by atoms with Gasteiger partial charge in [0, 0.05) is 19.6 Å². The summed E-state index contributed by atoms with van der Waals surface area (Å²) in [5.41, 5.74) is 1.35. The Balaban J connectivity index is 2.20. The van der Waals surface area contributed by atoms with E-state index in [1.165, 1.54) is 5.56 Å². The van der Waals surface area contributed by atoms with E-state index >= 15 is 0 Å². The average Bonchev–Trinajstić information content (AvgIpc) is 2.30. The molecule has 1 aromatic carbocycles. The Bertz CT molecular complexity index is 315. The molecular formula is C12H18N2O. The number of hydrogen-bond donors (Lipinski definition) is 2. The molecule has 82 valence electrons. The van der Waals surface area contributed by atoms with Gasteiger partial charge in [-0.15, -0.1) is 0 Å². The van der Waals surface area contributed by atoms with Crippen LogP contribution >= 0.6 is 0 Å². The van der Waals surface area contributed by atoms with E-state index in [1.54, 1.807) is 7.11 Å². The van der Waals surface area contributed by atoms with Crippen molar-refractivity contribution in [1.29, 1.82) is 0 Å². The third kappa shape index (κ3) is 2.13. The molecule has 0 radical (unpaired) electrons. The molecule has 0 spiro atoms. The van der Waals surface area contributed by atoms with Crippen molar-refractivity contribution in [2.75, 3.05) is 26.7 Å². The topological polar surface area (TPSA) is 33.3 Å². The van der Waals surface area contributed by atoms with E-state index < -0.39 is 0 Å².